The molecule has 0 saturated carbocycles. The van der Waals surface area contributed by atoms with Gasteiger partial charge in [0.2, 0.25) is 10.0 Å². The lowest BCUT2D eigenvalue weighted by molar-refractivity contribution is 0.414. The van der Waals surface area contributed by atoms with Crippen LogP contribution in [-0.4, -0.2) is 45.8 Å². The van der Waals surface area contributed by atoms with Crippen LogP contribution in [0, 0.1) is 0 Å². The monoisotopic (exact) mass is 308 g/mol. The van der Waals surface area contributed by atoms with Gasteiger partial charge in [0.1, 0.15) is 0 Å². The fourth-order valence-electron chi connectivity index (χ4n) is 1.67. The average Bonchev–Trinajstić information content (AvgIpc) is 2.89. The van der Waals surface area contributed by atoms with E-state index in [4.69, 9.17) is 17.8 Å². The Labute approximate surface area is 138 Å². The van der Waals surface area contributed by atoms with Gasteiger partial charge in [-0.25, -0.2) is 13.1 Å². The summed E-state index contributed by atoms with van der Waals surface area (Å²) in [5, 5.41) is -0.142. The highest BCUT2D eigenvalue weighted by molar-refractivity contribution is 7.88. The van der Waals surface area contributed by atoms with Gasteiger partial charge in [-0.15, -0.1) is 0 Å². The number of rotatable bonds is 6. The Balaban J connectivity index is 2.60. The molecule has 0 fully saturated rings. The van der Waals surface area contributed by atoms with E-state index in [1.165, 1.54) is 4.72 Å². The van der Waals surface area contributed by atoms with Crippen LogP contribution in [0.2, 0.25) is 0 Å². The molecule has 20 heavy (non-hydrogen) atoms. The highest BCUT2D eigenvalue weighted by Crippen LogP contribution is 2.21. The van der Waals surface area contributed by atoms with Gasteiger partial charge in [0.15, 0.2) is 0 Å². The molecule has 0 saturated heterocycles. The van der Waals surface area contributed by atoms with Crippen molar-refractivity contribution < 1.29 is 26.2 Å². The molecular formula is C14H21N3O2S. The predicted molar refractivity (Wildman–Crippen MR) is 82.2 cm³/mol. The van der Waals surface area contributed by atoms with Crippen molar-refractivity contribution in [1.82, 2.24) is 14.6 Å². The molecule has 2 rings (SSSR count). The van der Waals surface area contributed by atoms with Crippen molar-refractivity contribution >= 4 is 20.9 Å². The zero-order chi connectivity index (χ0) is 25.7. The maximum absolute atomic E-state index is 12.2. The van der Waals surface area contributed by atoms with Gasteiger partial charge < -0.3 is 9.88 Å². The third kappa shape index (κ3) is 3.59. The van der Waals surface area contributed by atoms with Crippen LogP contribution in [0.4, 0.5) is 0 Å². The number of hydrogen-bond donors (Lipinski definition) is 2. The molecule has 0 atom stereocenters. The second-order valence-corrected chi connectivity index (χ2v) is 5.82. The Kier molecular flexibility index (Phi) is 1.62. The van der Waals surface area contributed by atoms with E-state index in [1.807, 2.05) is 0 Å². The molecule has 0 aliphatic heterocycles. The first-order valence-electron chi connectivity index (χ1n) is 12.0. The third-order valence-corrected chi connectivity index (χ3v) is 3.56. The van der Waals surface area contributed by atoms with Crippen LogP contribution in [0.15, 0.2) is 24.3 Å². The third-order valence-electron chi connectivity index (χ3n) is 2.58. The maximum atomic E-state index is 12.2. The fourth-order valence-corrected chi connectivity index (χ4v) is 2.27. The summed E-state index contributed by atoms with van der Waals surface area (Å²) in [6.45, 7) is -9.61. The summed E-state index contributed by atoms with van der Waals surface area (Å²) < 4.78 is 124. The SMILES string of the molecule is [2H]c1[nH]c2c([2H])c([2H])c(CS(=O)(=O)NC([2H])([2H])[2H])c([2H])c2c1CCN(C([2H])([2H])[2H])C([2H])([2H])[2H]. The minimum absolute atomic E-state index is 0.0376. The van der Waals surface area contributed by atoms with Crippen molar-refractivity contribution in [3.05, 3.63) is 35.4 Å². The van der Waals surface area contributed by atoms with Crippen LogP contribution in [0.1, 0.15) is 28.9 Å². The summed E-state index contributed by atoms with van der Waals surface area (Å²) in [7, 11) is -4.54. The molecular weight excluding hydrogens is 274 g/mol. The first-order valence-corrected chi connectivity index (χ1v) is 7.20. The molecule has 110 valence electrons. The molecule has 1 heterocycles. The summed E-state index contributed by atoms with van der Waals surface area (Å²) in [6.07, 6.45) is -0.707. The molecule has 0 radical (unpaired) electrons. The Bertz CT molecular complexity index is 1130. The zero-order valence-electron chi connectivity index (χ0n) is 23.3. The number of H-pyrrole nitrogens is 1. The first-order chi connectivity index (χ1) is 14.7. The Morgan fingerprint density at radius 1 is 1.45 bits per heavy atom. The normalized spacial score (nSPS) is 23.8. The summed E-state index contributed by atoms with van der Waals surface area (Å²) >= 11 is 0. The van der Waals surface area contributed by atoms with E-state index in [2.05, 4.69) is 4.98 Å². The smallest absolute Gasteiger partial charge is 0.215 e. The molecule has 0 unspecified atom stereocenters. The minimum atomic E-state index is -4.54. The van der Waals surface area contributed by atoms with E-state index in [9.17, 15) is 8.42 Å². The number of nitrogens with one attached hydrogen (secondary N) is 2. The summed E-state index contributed by atoms with van der Waals surface area (Å²) in [4.78, 5) is 2.75. The number of benzene rings is 1. The number of sulfonamides is 1. The van der Waals surface area contributed by atoms with Gasteiger partial charge in [-0.1, -0.05) is 6.04 Å². The lowest BCUT2D eigenvalue weighted by atomic mass is 10.1. The molecule has 1 aromatic carbocycles. The average molecular weight is 308 g/mol. The van der Waals surface area contributed by atoms with Crippen molar-refractivity contribution in [3.63, 3.8) is 0 Å². The van der Waals surface area contributed by atoms with Crippen molar-refractivity contribution in [2.75, 3.05) is 27.5 Å². The van der Waals surface area contributed by atoms with Crippen molar-refractivity contribution in [2.24, 2.45) is 0 Å². The molecule has 0 aliphatic rings. The van der Waals surface area contributed by atoms with Gasteiger partial charge in [0.05, 0.1) is 11.2 Å². The van der Waals surface area contributed by atoms with Crippen molar-refractivity contribution in [2.45, 2.75) is 12.2 Å². The fraction of sp³-hybridized carbons (Fsp3) is 0.429. The molecule has 5 nitrogen and oxygen atoms in total. The number of nitrogens with zero attached hydrogens (tertiary/aromatic N) is 1. The Morgan fingerprint density at radius 3 is 3.05 bits per heavy atom. The van der Waals surface area contributed by atoms with Gasteiger partial charge in [0.25, 0.3) is 0 Å². The summed E-state index contributed by atoms with van der Waals surface area (Å²) in [5.41, 5.74) is -0.679. The van der Waals surface area contributed by atoms with E-state index >= 15 is 0 Å². The number of fused-ring (bicyclic) bond motifs is 1. The van der Waals surface area contributed by atoms with E-state index < -0.39 is 66.9 Å². The van der Waals surface area contributed by atoms with Crippen LogP contribution in [0.5, 0.6) is 0 Å². The van der Waals surface area contributed by atoms with Crippen LogP contribution >= 0.6 is 0 Å². The van der Waals surface area contributed by atoms with Crippen LogP contribution in [-0.2, 0) is 22.2 Å². The molecule has 1 aromatic heterocycles. The molecule has 0 aliphatic carbocycles. The van der Waals surface area contributed by atoms with Crippen molar-refractivity contribution in [3.8, 4) is 0 Å². The number of hydrogen-bond acceptors (Lipinski definition) is 3. The molecule has 0 bridgehead atoms. The summed E-state index contributed by atoms with van der Waals surface area (Å²) in [6, 6.07) is -1.79. The largest absolute Gasteiger partial charge is 0.361 e. The van der Waals surface area contributed by atoms with Gasteiger partial charge in [0, 0.05) is 36.0 Å². The van der Waals surface area contributed by atoms with Gasteiger partial charge in [-0.3, -0.25) is 0 Å². The minimum Gasteiger partial charge on any atom is -0.361 e. The Morgan fingerprint density at radius 2 is 2.30 bits per heavy atom. The molecule has 2 N–H and O–H groups in total. The van der Waals surface area contributed by atoms with Crippen LogP contribution in [0.25, 0.3) is 10.9 Å². The molecule has 2 aromatic rings. The van der Waals surface area contributed by atoms with Gasteiger partial charge in [-0.05, 0) is 50.6 Å². The van der Waals surface area contributed by atoms with E-state index in [-0.39, 0.29) is 34.0 Å². The second-order valence-electron chi connectivity index (χ2n) is 4.09. The number of aromatic amines is 1. The Hall–Kier alpha value is -1.37. The zero-order valence-corrected chi connectivity index (χ0v) is 11.1. The molecule has 0 amide bonds. The topological polar surface area (TPSA) is 65.2 Å². The van der Waals surface area contributed by atoms with Gasteiger partial charge >= 0.3 is 0 Å². The molecule has 6 heteroatoms. The van der Waals surface area contributed by atoms with E-state index in [0.717, 1.165) is 0 Å². The van der Waals surface area contributed by atoms with Crippen LogP contribution < -0.4 is 4.72 Å². The van der Waals surface area contributed by atoms with Crippen LogP contribution in [0.3, 0.4) is 0 Å². The first kappa shape index (κ1) is 5.44. The van der Waals surface area contributed by atoms with E-state index in [1.54, 1.807) is 0 Å². The summed E-state index contributed by atoms with van der Waals surface area (Å²) in [5.74, 6) is -1.10. The lowest BCUT2D eigenvalue weighted by Crippen LogP contribution is -2.20. The maximum Gasteiger partial charge on any atom is 0.215 e. The van der Waals surface area contributed by atoms with E-state index in [0.29, 0.717) is 0 Å². The quantitative estimate of drug-likeness (QED) is 0.846. The number of likely N-dealkylation sites (N-methyl/N-ethyl adjacent to an activating group) is 1. The second kappa shape index (κ2) is 5.95. The predicted octanol–water partition coefficient (Wildman–Crippen LogP) is 1.32. The number of aromatic nitrogens is 1. The highest BCUT2D eigenvalue weighted by atomic mass is 32.2. The standard InChI is InChI=1S/C14H21N3O2S/c1-15-20(18,19)10-11-4-5-14-13(8-11)12(9-16-14)6-7-17(2)3/h4-5,8-9,15-16H,6-7,10H2,1-3H3/i1D3,2D3,3D3,4D,5D,8D,9D. The van der Waals surface area contributed by atoms with Crippen molar-refractivity contribution in [1.29, 1.82) is 0 Å². The molecule has 0 spiro atoms. The van der Waals surface area contributed by atoms with Gasteiger partial charge in [-0.2, -0.15) is 0 Å². The highest BCUT2D eigenvalue weighted by Gasteiger charge is 2.11. The lowest BCUT2D eigenvalue weighted by Gasteiger charge is -2.08.